The van der Waals surface area contributed by atoms with Crippen molar-refractivity contribution in [2.24, 2.45) is 0 Å². The molecule has 1 heterocycles. The lowest BCUT2D eigenvalue weighted by Crippen LogP contribution is -2.36. The summed E-state index contributed by atoms with van der Waals surface area (Å²) in [5, 5.41) is 6.07. The monoisotopic (exact) mass is 343 g/mol. The van der Waals surface area contributed by atoms with Crippen LogP contribution >= 0.6 is 15.9 Å². The third-order valence-corrected chi connectivity index (χ3v) is 3.36. The first kappa shape index (κ1) is 16.7. The molecular weight excluding hydrogens is 322 g/mol. The zero-order valence-electron chi connectivity index (χ0n) is 12.2. The Morgan fingerprint density at radius 1 is 1.30 bits per heavy atom. The van der Waals surface area contributed by atoms with Gasteiger partial charge in [-0.05, 0) is 28.8 Å². The molecule has 0 radical (unpaired) electrons. The molecule has 6 nitrogen and oxygen atoms in total. The van der Waals surface area contributed by atoms with Gasteiger partial charge in [-0.1, -0.05) is 13.8 Å². The predicted octanol–water partition coefficient (Wildman–Crippen LogP) is 2.02. The van der Waals surface area contributed by atoms with Gasteiger partial charge in [-0.2, -0.15) is 0 Å². The molecule has 1 amide bonds. The number of aromatic nitrogens is 2. The maximum Gasteiger partial charge on any atom is 0.239 e. The van der Waals surface area contributed by atoms with Crippen LogP contribution in [-0.4, -0.2) is 42.6 Å². The van der Waals surface area contributed by atoms with Crippen LogP contribution in [0.1, 0.15) is 26.7 Å². The molecule has 2 N–H and O–H groups in total. The van der Waals surface area contributed by atoms with Crippen LogP contribution in [0.3, 0.4) is 0 Å². The summed E-state index contributed by atoms with van der Waals surface area (Å²) < 4.78 is 0.777. The molecule has 0 aromatic carbocycles. The second-order valence-electron chi connectivity index (χ2n) is 4.49. The van der Waals surface area contributed by atoms with Crippen LogP contribution < -0.4 is 15.5 Å². The fourth-order valence-corrected chi connectivity index (χ4v) is 2.25. The third-order valence-electron chi connectivity index (χ3n) is 2.63. The number of nitrogens with one attached hydrogen (secondary N) is 2. The molecule has 0 aliphatic rings. The molecule has 0 saturated heterocycles. The Morgan fingerprint density at radius 2 is 2.00 bits per heavy atom. The van der Waals surface area contributed by atoms with Gasteiger partial charge in [-0.25, -0.2) is 9.97 Å². The van der Waals surface area contributed by atoms with Crippen LogP contribution in [0.5, 0.6) is 0 Å². The molecule has 1 aromatic rings. The van der Waals surface area contributed by atoms with Gasteiger partial charge >= 0.3 is 0 Å². The van der Waals surface area contributed by atoms with Gasteiger partial charge < -0.3 is 15.5 Å². The zero-order valence-corrected chi connectivity index (χ0v) is 13.8. The average Bonchev–Trinajstić information content (AvgIpc) is 2.43. The van der Waals surface area contributed by atoms with Crippen molar-refractivity contribution in [1.82, 2.24) is 15.3 Å². The van der Waals surface area contributed by atoms with E-state index in [1.165, 1.54) is 6.33 Å². The summed E-state index contributed by atoms with van der Waals surface area (Å²) >= 11 is 3.49. The molecule has 0 aliphatic carbocycles. The summed E-state index contributed by atoms with van der Waals surface area (Å²) in [5.74, 6) is 1.44. The van der Waals surface area contributed by atoms with Gasteiger partial charge in [0.25, 0.3) is 0 Å². The van der Waals surface area contributed by atoms with Crippen LogP contribution in [0.4, 0.5) is 11.6 Å². The Kier molecular flexibility index (Phi) is 7.28. The standard InChI is InChI=1S/C13H22BrN5O/c1-4-6-15-10(20)8-19(3)13-11(14)12(16-7-5-2)17-9-18-13/h9H,4-8H2,1-3H3,(H,15,20)(H,16,17,18). The van der Waals surface area contributed by atoms with E-state index in [1.807, 2.05) is 14.0 Å². The number of amides is 1. The van der Waals surface area contributed by atoms with E-state index in [-0.39, 0.29) is 12.5 Å². The third kappa shape index (κ3) is 4.96. The van der Waals surface area contributed by atoms with Gasteiger partial charge in [-0.15, -0.1) is 0 Å². The summed E-state index contributed by atoms with van der Waals surface area (Å²) in [6.45, 7) is 5.92. The lowest BCUT2D eigenvalue weighted by Gasteiger charge is -2.20. The van der Waals surface area contributed by atoms with Gasteiger partial charge in [0, 0.05) is 20.1 Å². The first-order valence-corrected chi connectivity index (χ1v) is 7.61. The largest absolute Gasteiger partial charge is 0.369 e. The molecule has 0 aliphatic heterocycles. The maximum atomic E-state index is 11.7. The smallest absolute Gasteiger partial charge is 0.239 e. The van der Waals surface area contributed by atoms with E-state index < -0.39 is 0 Å². The van der Waals surface area contributed by atoms with E-state index in [0.29, 0.717) is 12.4 Å². The minimum atomic E-state index is -0.0112. The first-order valence-electron chi connectivity index (χ1n) is 6.82. The molecule has 7 heteroatoms. The molecule has 0 bridgehead atoms. The van der Waals surface area contributed by atoms with Crippen LogP contribution in [0.25, 0.3) is 0 Å². The minimum Gasteiger partial charge on any atom is -0.369 e. The summed E-state index contributed by atoms with van der Waals surface area (Å²) in [5.41, 5.74) is 0. The summed E-state index contributed by atoms with van der Waals surface area (Å²) in [4.78, 5) is 21.9. The molecule has 20 heavy (non-hydrogen) atoms. The Balaban J connectivity index is 2.72. The highest BCUT2D eigenvalue weighted by Crippen LogP contribution is 2.28. The van der Waals surface area contributed by atoms with Crippen LogP contribution in [0, 0.1) is 0 Å². The number of likely N-dealkylation sites (N-methyl/N-ethyl adjacent to an activating group) is 1. The molecule has 0 saturated carbocycles. The van der Waals surface area contributed by atoms with Crippen molar-refractivity contribution in [3.63, 3.8) is 0 Å². The van der Waals surface area contributed by atoms with Gasteiger partial charge in [0.05, 0.1) is 6.54 Å². The van der Waals surface area contributed by atoms with Crippen molar-refractivity contribution >= 4 is 33.5 Å². The highest BCUT2D eigenvalue weighted by atomic mass is 79.9. The van der Waals surface area contributed by atoms with Crippen molar-refractivity contribution in [3.8, 4) is 0 Å². The minimum absolute atomic E-state index is 0.0112. The second kappa shape index (κ2) is 8.73. The lowest BCUT2D eigenvalue weighted by molar-refractivity contribution is -0.119. The van der Waals surface area contributed by atoms with E-state index in [2.05, 4.69) is 43.5 Å². The summed E-state index contributed by atoms with van der Waals surface area (Å²) in [6.07, 6.45) is 3.44. The van der Waals surface area contributed by atoms with Gasteiger partial charge in [0.2, 0.25) is 5.91 Å². The second-order valence-corrected chi connectivity index (χ2v) is 5.29. The zero-order chi connectivity index (χ0) is 15.0. The Hall–Kier alpha value is -1.37. The van der Waals surface area contributed by atoms with Crippen molar-refractivity contribution in [1.29, 1.82) is 0 Å². The Labute approximate surface area is 128 Å². The Bertz CT molecular complexity index is 441. The van der Waals surface area contributed by atoms with E-state index >= 15 is 0 Å². The molecule has 112 valence electrons. The fraction of sp³-hybridized carbons (Fsp3) is 0.615. The normalized spacial score (nSPS) is 10.2. The number of halogens is 1. The van der Waals surface area contributed by atoms with E-state index in [0.717, 1.165) is 29.7 Å². The molecule has 0 unspecified atom stereocenters. The van der Waals surface area contributed by atoms with Crippen LogP contribution in [0.2, 0.25) is 0 Å². The number of anilines is 2. The molecule has 0 spiro atoms. The topological polar surface area (TPSA) is 70.2 Å². The van der Waals surface area contributed by atoms with Gasteiger partial charge in [0.1, 0.15) is 22.4 Å². The van der Waals surface area contributed by atoms with E-state index in [9.17, 15) is 4.79 Å². The van der Waals surface area contributed by atoms with Crippen molar-refractivity contribution in [3.05, 3.63) is 10.8 Å². The number of nitrogens with zero attached hydrogens (tertiary/aromatic N) is 3. The number of hydrogen-bond acceptors (Lipinski definition) is 5. The molecular formula is C13H22BrN5O. The number of carbonyl (C=O) groups excluding carboxylic acids is 1. The SMILES string of the molecule is CCCNC(=O)CN(C)c1ncnc(NCCC)c1Br. The number of carbonyl (C=O) groups is 1. The lowest BCUT2D eigenvalue weighted by atomic mass is 10.4. The molecule has 1 aromatic heterocycles. The molecule has 1 rings (SSSR count). The highest BCUT2D eigenvalue weighted by molar-refractivity contribution is 9.10. The Morgan fingerprint density at radius 3 is 2.65 bits per heavy atom. The highest BCUT2D eigenvalue weighted by Gasteiger charge is 2.14. The summed E-state index contributed by atoms with van der Waals surface area (Å²) in [7, 11) is 1.84. The number of rotatable bonds is 8. The quantitative estimate of drug-likeness (QED) is 0.755. The van der Waals surface area contributed by atoms with Crippen LogP contribution in [0.15, 0.2) is 10.8 Å². The number of hydrogen-bond donors (Lipinski definition) is 2. The molecule has 0 atom stereocenters. The first-order chi connectivity index (χ1) is 9.60. The molecule has 0 fully saturated rings. The summed E-state index contributed by atoms with van der Waals surface area (Å²) in [6, 6.07) is 0. The van der Waals surface area contributed by atoms with Crippen molar-refractivity contribution < 1.29 is 4.79 Å². The van der Waals surface area contributed by atoms with E-state index in [1.54, 1.807) is 4.90 Å². The van der Waals surface area contributed by atoms with Gasteiger partial charge in [0.15, 0.2) is 0 Å². The average molecular weight is 344 g/mol. The van der Waals surface area contributed by atoms with E-state index in [4.69, 9.17) is 0 Å². The van der Waals surface area contributed by atoms with Crippen molar-refractivity contribution in [2.45, 2.75) is 26.7 Å². The van der Waals surface area contributed by atoms with Crippen molar-refractivity contribution in [2.75, 3.05) is 36.9 Å². The fourth-order valence-electron chi connectivity index (χ4n) is 1.60. The van der Waals surface area contributed by atoms with Crippen LogP contribution in [-0.2, 0) is 4.79 Å². The predicted molar refractivity (Wildman–Crippen MR) is 85.1 cm³/mol. The maximum absolute atomic E-state index is 11.7. The van der Waals surface area contributed by atoms with Gasteiger partial charge in [-0.3, -0.25) is 4.79 Å².